The van der Waals surface area contributed by atoms with Crippen LogP contribution in [-0.2, 0) is 0 Å². The molecule has 12 heavy (non-hydrogen) atoms. The van der Waals surface area contributed by atoms with Crippen molar-refractivity contribution in [1.82, 2.24) is 0 Å². The number of fused-ring (bicyclic) bond motifs is 1. The number of hydrogen-bond acceptors (Lipinski definition) is 0. The Bertz CT molecular complexity index is 222. The molecule has 2 aliphatic rings. The van der Waals surface area contributed by atoms with Crippen LogP contribution in [0.2, 0.25) is 0 Å². The standard InChI is InChI=1S/C12H18/c1-9-5-3-7-11-8-4-6-10(2)12(9)11/h3,5,7,10-12H,4,6,8H2,1-2H3. The summed E-state index contributed by atoms with van der Waals surface area (Å²) < 4.78 is 0. The van der Waals surface area contributed by atoms with Crippen LogP contribution in [0.5, 0.6) is 0 Å². The van der Waals surface area contributed by atoms with E-state index in [0.717, 1.165) is 17.8 Å². The smallest absolute Gasteiger partial charge is 0.0114 e. The van der Waals surface area contributed by atoms with Crippen molar-refractivity contribution in [3.05, 3.63) is 23.8 Å². The minimum atomic E-state index is 0.860. The Morgan fingerprint density at radius 3 is 2.92 bits per heavy atom. The Labute approximate surface area is 75.4 Å². The maximum Gasteiger partial charge on any atom is -0.0114 e. The zero-order valence-electron chi connectivity index (χ0n) is 8.09. The van der Waals surface area contributed by atoms with Gasteiger partial charge in [0.25, 0.3) is 0 Å². The topological polar surface area (TPSA) is 0 Å². The van der Waals surface area contributed by atoms with Gasteiger partial charge in [0, 0.05) is 0 Å². The monoisotopic (exact) mass is 162 g/mol. The van der Waals surface area contributed by atoms with Gasteiger partial charge >= 0.3 is 0 Å². The summed E-state index contributed by atoms with van der Waals surface area (Å²) in [7, 11) is 0. The van der Waals surface area contributed by atoms with Crippen LogP contribution >= 0.6 is 0 Å². The molecule has 0 spiro atoms. The van der Waals surface area contributed by atoms with Crippen molar-refractivity contribution in [3.63, 3.8) is 0 Å². The molecular weight excluding hydrogens is 144 g/mol. The van der Waals surface area contributed by atoms with Gasteiger partial charge in [-0.2, -0.15) is 0 Å². The van der Waals surface area contributed by atoms with Gasteiger partial charge < -0.3 is 0 Å². The third-order valence-corrected chi connectivity index (χ3v) is 3.51. The van der Waals surface area contributed by atoms with Gasteiger partial charge in [0.05, 0.1) is 0 Å². The fourth-order valence-electron chi connectivity index (χ4n) is 2.92. The summed E-state index contributed by atoms with van der Waals surface area (Å²) in [5.74, 6) is 2.63. The van der Waals surface area contributed by atoms with Crippen LogP contribution in [0.15, 0.2) is 23.8 Å². The zero-order chi connectivity index (χ0) is 8.55. The summed E-state index contributed by atoms with van der Waals surface area (Å²) in [6.07, 6.45) is 11.2. The molecule has 1 fully saturated rings. The summed E-state index contributed by atoms with van der Waals surface area (Å²) in [4.78, 5) is 0. The molecule has 3 unspecified atom stereocenters. The first-order valence-corrected chi connectivity index (χ1v) is 5.14. The first-order valence-electron chi connectivity index (χ1n) is 5.14. The van der Waals surface area contributed by atoms with Gasteiger partial charge in [-0.1, -0.05) is 43.6 Å². The largest absolute Gasteiger partial charge is 0.0808 e. The molecule has 0 radical (unpaired) electrons. The first-order chi connectivity index (χ1) is 5.79. The molecule has 0 saturated heterocycles. The molecule has 0 bridgehead atoms. The molecule has 66 valence electrons. The molecule has 0 amide bonds. The Kier molecular flexibility index (Phi) is 2.08. The Balaban J connectivity index is 2.22. The van der Waals surface area contributed by atoms with Gasteiger partial charge in [0.1, 0.15) is 0 Å². The molecule has 0 heterocycles. The average molecular weight is 162 g/mol. The van der Waals surface area contributed by atoms with Gasteiger partial charge in [-0.3, -0.25) is 0 Å². The van der Waals surface area contributed by atoms with E-state index in [1.165, 1.54) is 19.3 Å². The molecule has 0 aromatic carbocycles. The zero-order valence-corrected chi connectivity index (χ0v) is 8.09. The second-order valence-corrected chi connectivity index (χ2v) is 4.39. The molecule has 0 nitrogen and oxygen atoms in total. The Morgan fingerprint density at radius 2 is 2.17 bits per heavy atom. The summed E-state index contributed by atoms with van der Waals surface area (Å²) >= 11 is 0. The molecule has 0 aliphatic heterocycles. The van der Waals surface area contributed by atoms with Gasteiger partial charge in [-0.15, -0.1) is 0 Å². The third-order valence-electron chi connectivity index (χ3n) is 3.51. The van der Waals surface area contributed by atoms with E-state index in [1.54, 1.807) is 5.57 Å². The van der Waals surface area contributed by atoms with Crippen LogP contribution in [0.3, 0.4) is 0 Å². The van der Waals surface area contributed by atoms with E-state index >= 15 is 0 Å². The molecule has 3 atom stereocenters. The minimum absolute atomic E-state index is 0.860. The number of allylic oxidation sites excluding steroid dienone is 4. The van der Waals surface area contributed by atoms with Crippen LogP contribution in [-0.4, -0.2) is 0 Å². The fourth-order valence-corrected chi connectivity index (χ4v) is 2.92. The second kappa shape index (κ2) is 3.08. The van der Waals surface area contributed by atoms with E-state index in [4.69, 9.17) is 0 Å². The fraction of sp³-hybridized carbons (Fsp3) is 0.667. The van der Waals surface area contributed by atoms with Crippen LogP contribution < -0.4 is 0 Å². The highest BCUT2D eigenvalue weighted by Gasteiger charge is 2.30. The lowest BCUT2D eigenvalue weighted by Crippen LogP contribution is -2.27. The van der Waals surface area contributed by atoms with E-state index in [0.29, 0.717) is 0 Å². The summed E-state index contributed by atoms with van der Waals surface area (Å²) in [6.45, 7) is 4.70. The second-order valence-electron chi connectivity index (χ2n) is 4.39. The van der Waals surface area contributed by atoms with Crippen LogP contribution in [0, 0.1) is 17.8 Å². The van der Waals surface area contributed by atoms with Crippen molar-refractivity contribution in [1.29, 1.82) is 0 Å². The van der Waals surface area contributed by atoms with Crippen molar-refractivity contribution >= 4 is 0 Å². The highest BCUT2D eigenvalue weighted by molar-refractivity contribution is 5.23. The van der Waals surface area contributed by atoms with E-state index in [-0.39, 0.29) is 0 Å². The molecule has 0 aromatic rings. The van der Waals surface area contributed by atoms with Crippen LogP contribution in [0.25, 0.3) is 0 Å². The predicted molar refractivity (Wildman–Crippen MR) is 52.9 cm³/mol. The van der Waals surface area contributed by atoms with Crippen molar-refractivity contribution in [3.8, 4) is 0 Å². The van der Waals surface area contributed by atoms with Crippen molar-refractivity contribution in [2.75, 3.05) is 0 Å². The SMILES string of the molecule is CC1=CC=CC2CCCC(C)C12. The van der Waals surface area contributed by atoms with Crippen LogP contribution in [0.1, 0.15) is 33.1 Å². The lowest BCUT2D eigenvalue weighted by Gasteiger charge is -2.37. The molecule has 0 aromatic heterocycles. The van der Waals surface area contributed by atoms with E-state index in [2.05, 4.69) is 32.1 Å². The van der Waals surface area contributed by atoms with Crippen LogP contribution in [0.4, 0.5) is 0 Å². The lowest BCUT2D eigenvalue weighted by atomic mass is 9.68. The first kappa shape index (κ1) is 8.10. The normalized spacial score (nSPS) is 40.5. The average Bonchev–Trinajstić information content (AvgIpc) is 2.04. The quantitative estimate of drug-likeness (QED) is 0.511. The van der Waals surface area contributed by atoms with E-state index in [9.17, 15) is 0 Å². The molecule has 0 heteroatoms. The molecule has 2 rings (SSSR count). The summed E-state index contributed by atoms with van der Waals surface area (Å²) in [6, 6.07) is 0. The van der Waals surface area contributed by atoms with E-state index in [1.807, 2.05) is 0 Å². The minimum Gasteiger partial charge on any atom is -0.0808 e. The van der Waals surface area contributed by atoms with Crippen molar-refractivity contribution in [2.24, 2.45) is 17.8 Å². The molecule has 2 aliphatic carbocycles. The molecular formula is C12H18. The number of rotatable bonds is 0. The number of hydrogen-bond donors (Lipinski definition) is 0. The van der Waals surface area contributed by atoms with E-state index < -0.39 is 0 Å². The third kappa shape index (κ3) is 1.24. The maximum absolute atomic E-state index is 2.41. The summed E-state index contributed by atoms with van der Waals surface area (Å²) in [5.41, 5.74) is 1.61. The lowest BCUT2D eigenvalue weighted by molar-refractivity contribution is 0.232. The molecule has 0 N–H and O–H groups in total. The van der Waals surface area contributed by atoms with Gasteiger partial charge in [0.15, 0.2) is 0 Å². The van der Waals surface area contributed by atoms with Gasteiger partial charge in [-0.05, 0) is 31.1 Å². The summed E-state index contributed by atoms with van der Waals surface area (Å²) in [5, 5.41) is 0. The van der Waals surface area contributed by atoms with Gasteiger partial charge in [0.2, 0.25) is 0 Å². The van der Waals surface area contributed by atoms with Gasteiger partial charge in [-0.25, -0.2) is 0 Å². The highest BCUT2D eigenvalue weighted by Crippen LogP contribution is 2.41. The maximum atomic E-state index is 2.41. The predicted octanol–water partition coefficient (Wildman–Crippen LogP) is 3.55. The Morgan fingerprint density at radius 1 is 1.33 bits per heavy atom. The Hall–Kier alpha value is -0.520. The highest BCUT2D eigenvalue weighted by atomic mass is 14.4. The van der Waals surface area contributed by atoms with Crippen molar-refractivity contribution in [2.45, 2.75) is 33.1 Å². The van der Waals surface area contributed by atoms with Crippen molar-refractivity contribution < 1.29 is 0 Å². The molecule has 1 saturated carbocycles.